The van der Waals surface area contributed by atoms with E-state index in [0.29, 0.717) is 5.56 Å². The van der Waals surface area contributed by atoms with Crippen molar-refractivity contribution in [2.75, 3.05) is 0 Å². The Morgan fingerprint density at radius 2 is 1.79 bits per heavy atom. The van der Waals surface area contributed by atoms with Crippen molar-refractivity contribution in [2.24, 2.45) is 5.73 Å². The van der Waals surface area contributed by atoms with Crippen molar-refractivity contribution in [3.8, 4) is 0 Å². The fourth-order valence-corrected chi connectivity index (χ4v) is 1.97. The van der Waals surface area contributed by atoms with Crippen molar-refractivity contribution in [1.29, 1.82) is 0 Å². The van der Waals surface area contributed by atoms with E-state index < -0.39 is 23.5 Å². The molecule has 2 aromatic carbocycles. The van der Waals surface area contributed by atoms with Crippen molar-refractivity contribution in [3.05, 3.63) is 70.5 Å². The topological polar surface area (TPSA) is 26.0 Å². The molecule has 1 nitrogen and oxygen atoms in total. The van der Waals surface area contributed by atoms with Gasteiger partial charge in [-0.3, -0.25) is 0 Å². The summed E-state index contributed by atoms with van der Waals surface area (Å²) in [6.07, 6.45) is 0.820. The smallest absolute Gasteiger partial charge is 0.194 e. The Labute approximate surface area is 109 Å². The number of nitrogens with two attached hydrogens (primary N) is 1. The standard InChI is InChI=1S/C15H14F3N/c1-2-9-4-3-5-10(8-9)15(19)11-6-7-12(16)14(18)13(11)17/h3-8,15H,2,19H2,1H3. The number of aryl methyl sites for hydroxylation is 1. The van der Waals surface area contributed by atoms with Gasteiger partial charge < -0.3 is 5.73 Å². The van der Waals surface area contributed by atoms with Crippen LogP contribution in [0.15, 0.2) is 36.4 Å². The molecule has 0 heterocycles. The predicted octanol–water partition coefficient (Wildman–Crippen LogP) is 3.71. The molecule has 19 heavy (non-hydrogen) atoms. The molecule has 0 aliphatic heterocycles. The van der Waals surface area contributed by atoms with Gasteiger partial charge in [0, 0.05) is 5.56 Å². The van der Waals surface area contributed by atoms with Crippen molar-refractivity contribution >= 4 is 0 Å². The highest BCUT2D eigenvalue weighted by atomic mass is 19.2. The van der Waals surface area contributed by atoms with E-state index in [4.69, 9.17) is 5.73 Å². The van der Waals surface area contributed by atoms with Crippen LogP contribution in [-0.4, -0.2) is 0 Å². The van der Waals surface area contributed by atoms with Gasteiger partial charge in [-0.05, 0) is 23.6 Å². The SMILES string of the molecule is CCc1cccc(C(N)c2ccc(F)c(F)c2F)c1. The summed E-state index contributed by atoms with van der Waals surface area (Å²) in [7, 11) is 0. The van der Waals surface area contributed by atoms with Gasteiger partial charge in [-0.1, -0.05) is 37.3 Å². The molecule has 100 valence electrons. The molecule has 0 saturated carbocycles. The van der Waals surface area contributed by atoms with Gasteiger partial charge in [-0.15, -0.1) is 0 Å². The van der Waals surface area contributed by atoms with Crippen molar-refractivity contribution in [1.82, 2.24) is 0 Å². The number of halogens is 3. The molecule has 0 aliphatic rings. The summed E-state index contributed by atoms with van der Waals surface area (Å²) in [6.45, 7) is 1.99. The second-order valence-electron chi connectivity index (χ2n) is 4.34. The minimum atomic E-state index is -1.49. The lowest BCUT2D eigenvalue weighted by atomic mass is 9.97. The van der Waals surface area contributed by atoms with Gasteiger partial charge in [0.05, 0.1) is 6.04 Å². The van der Waals surface area contributed by atoms with Crippen LogP contribution in [0.3, 0.4) is 0 Å². The van der Waals surface area contributed by atoms with Gasteiger partial charge in [0.25, 0.3) is 0 Å². The molecule has 0 saturated heterocycles. The Morgan fingerprint density at radius 3 is 2.47 bits per heavy atom. The van der Waals surface area contributed by atoms with Crippen LogP contribution in [0, 0.1) is 17.5 Å². The van der Waals surface area contributed by atoms with Crippen LogP contribution in [0.1, 0.15) is 29.7 Å². The van der Waals surface area contributed by atoms with Crippen molar-refractivity contribution in [3.63, 3.8) is 0 Å². The van der Waals surface area contributed by atoms with E-state index in [1.165, 1.54) is 6.07 Å². The maximum atomic E-state index is 13.7. The molecule has 0 amide bonds. The first-order chi connectivity index (χ1) is 9.04. The van der Waals surface area contributed by atoms with E-state index >= 15 is 0 Å². The Kier molecular flexibility index (Phi) is 3.90. The molecule has 0 aliphatic carbocycles. The minimum Gasteiger partial charge on any atom is -0.320 e. The highest BCUT2D eigenvalue weighted by molar-refractivity contribution is 5.35. The molecule has 2 rings (SSSR count). The molecule has 0 bridgehead atoms. The zero-order valence-corrected chi connectivity index (χ0v) is 10.5. The Balaban J connectivity index is 2.44. The van der Waals surface area contributed by atoms with E-state index in [9.17, 15) is 13.2 Å². The molecule has 0 aromatic heterocycles. The quantitative estimate of drug-likeness (QED) is 0.841. The second-order valence-corrected chi connectivity index (χ2v) is 4.34. The number of benzene rings is 2. The third kappa shape index (κ3) is 2.63. The van der Waals surface area contributed by atoms with Crippen LogP contribution < -0.4 is 5.73 Å². The summed E-state index contributed by atoms with van der Waals surface area (Å²) in [5.74, 6) is -3.93. The summed E-state index contributed by atoms with van der Waals surface area (Å²) in [4.78, 5) is 0. The largest absolute Gasteiger partial charge is 0.320 e. The molecule has 0 spiro atoms. The molecule has 4 heteroatoms. The number of hydrogen-bond donors (Lipinski definition) is 1. The lowest BCUT2D eigenvalue weighted by Gasteiger charge is -2.15. The van der Waals surface area contributed by atoms with Crippen LogP contribution in [0.2, 0.25) is 0 Å². The molecule has 2 aromatic rings. The highest BCUT2D eigenvalue weighted by Gasteiger charge is 2.19. The van der Waals surface area contributed by atoms with Gasteiger partial charge in [0.15, 0.2) is 17.5 Å². The van der Waals surface area contributed by atoms with E-state index in [1.54, 1.807) is 6.07 Å². The highest BCUT2D eigenvalue weighted by Crippen LogP contribution is 2.25. The lowest BCUT2D eigenvalue weighted by Crippen LogP contribution is -2.15. The van der Waals surface area contributed by atoms with Gasteiger partial charge >= 0.3 is 0 Å². The van der Waals surface area contributed by atoms with Crippen molar-refractivity contribution < 1.29 is 13.2 Å². The number of rotatable bonds is 3. The first-order valence-corrected chi connectivity index (χ1v) is 6.02. The average molecular weight is 265 g/mol. The van der Waals surface area contributed by atoms with Crippen LogP contribution >= 0.6 is 0 Å². The Bertz CT molecular complexity index is 596. The summed E-state index contributed by atoms with van der Waals surface area (Å²) in [5.41, 5.74) is 7.60. The zero-order chi connectivity index (χ0) is 14.0. The molecule has 0 fully saturated rings. The van der Waals surface area contributed by atoms with Crippen LogP contribution in [0.5, 0.6) is 0 Å². The van der Waals surface area contributed by atoms with Gasteiger partial charge in [-0.25, -0.2) is 13.2 Å². The fraction of sp³-hybridized carbons (Fsp3) is 0.200. The first kappa shape index (κ1) is 13.6. The van der Waals surface area contributed by atoms with E-state index in [2.05, 4.69) is 0 Å². The zero-order valence-electron chi connectivity index (χ0n) is 10.5. The molecular weight excluding hydrogens is 251 g/mol. The maximum absolute atomic E-state index is 13.7. The maximum Gasteiger partial charge on any atom is 0.194 e. The third-order valence-electron chi connectivity index (χ3n) is 3.12. The Hall–Kier alpha value is -1.81. The predicted molar refractivity (Wildman–Crippen MR) is 68.2 cm³/mol. The molecule has 1 unspecified atom stereocenters. The monoisotopic (exact) mass is 265 g/mol. The minimum absolute atomic E-state index is 0.0489. The van der Waals surface area contributed by atoms with Gasteiger partial charge in [0.1, 0.15) is 0 Å². The molecule has 1 atom stereocenters. The third-order valence-corrected chi connectivity index (χ3v) is 3.12. The van der Waals surface area contributed by atoms with Crippen LogP contribution in [0.25, 0.3) is 0 Å². The van der Waals surface area contributed by atoms with E-state index in [0.717, 1.165) is 18.1 Å². The Morgan fingerprint density at radius 1 is 1.05 bits per heavy atom. The fourth-order valence-electron chi connectivity index (χ4n) is 1.97. The van der Waals surface area contributed by atoms with Crippen LogP contribution in [-0.2, 0) is 6.42 Å². The summed E-state index contributed by atoms with van der Waals surface area (Å²) in [6, 6.07) is 8.56. The average Bonchev–Trinajstić information content (AvgIpc) is 2.44. The summed E-state index contributed by atoms with van der Waals surface area (Å²) < 4.78 is 39.8. The summed E-state index contributed by atoms with van der Waals surface area (Å²) in [5, 5.41) is 0. The summed E-state index contributed by atoms with van der Waals surface area (Å²) >= 11 is 0. The lowest BCUT2D eigenvalue weighted by molar-refractivity contribution is 0.438. The number of hydrogen-bond acceptors (Lipinski definition) is 1. The van der Waals surface area contributed by atoms with E-state index in [-0.39, 0.29) is 5.56 Å². The van der Waals surface area contributed by atoms with Crippen molar-refractivity contribution in [2.45, 2.75) is 19.4 Å². The second kappa shape index (κ2) is 5.45. The normalized spacial score (nSPS) is 12.5. The first-order valence-electron chi connectivity index (χ1n) is 6.02. The van der Waals surface area contributed by atoms with Crippen LogP contribution in [0.4, 0.5) is 13.2 Å². The molecule has 0 radical (unpaired) electrons. The van der Waals surface area contributed by atoms with Gasteiger partial charge in [0.2, 0.25) is 0 Å². The molecular formula is C15H14F3N. The molecule has 2 N–H and O–H groups in total. The van der Waals surface area contributed by atoms with E-state index in [1.807, 2.05) is 25.1 Å². The van der Waals surface area contributed by atoms with Gasteiger partial charge in [-0.2, -0.15) is 0 Å².